The standard InChI is InChI=1S/C27H30N2O5S/c1-35-14-13-24(26(31)32)29-25(30)17-7-6-8-18(15-17)28-27(33)34-16-23-21-11-4-2-9-19(21)20-10-3-5-12-22(20)23/h2-6,8-12,17-18,23-24H,7,13-16H2,1H3,(H,28,33)(H,29,30)(H,31,32)/t17?,18?,24-/m0/s1. The molecule has 0 heterocycles. The van der Waals surface area contributed by atoms with Crippen molar-refractivity contribution in [3.05, 3.63) is 71.8 Å². The average molecular weight is 495 g/mol. The Morgan fingerprint density at radius 1 is 1.09 bits per heavy atom. The maximum atomic E-state index is 12.7. The number of nitrogens with one attached hydrogen (secondary N) is 2. The second-order valence-electron chi connectivity index (χ2n) is 8.85. The van der Waals surface area contributed by atoms with Crippen molar-refractivity contribution in [2.75, 3.05) is 18.6 Å². The first-order valence-corrected chi connectivity index (χ1v) is 13.2. The normalized spacial score (nSPS) is 19.3. The van der Waals surface area contributed by atoms with E-state index in [9.17, 15) is 19.5 Å². The molecule has 2 unspecified atom stereocenters. The Labute approximate surface area is 209 Å². The molecule has 0 saturated carbocycles. The lowest BCUT2D eigenvalue weighted by Crippen LogP contribution is -2.46. The summed E-state index contributed by atoms with van der Waals surface area (Å²) in [6, 6.07) is 15.0. The molecule has 0 bridgehead atoms. The minimum absolute atomic E-state index is 0.0252. The highest BCUT2D eigenvalue weighted by atomic mass is 32.2. The predicted molar refractivity (Wildman–Crippen MR) is 136 cm³/mol. The molecule has 2 aromatic rings. The molecule has 0 spiro atoms. The number of hydrogen-bond acceptors (Lipinski definition) is 5. The minimum atomic E-state index is -1.04. The molecule has 0 aromatic heterocycles. The van der Waals surface area contributed by atoms with E-state index < -0.39 is 24.0 Å². The first kappa shape index (κ1) is 24.9. The summed E-state index contributed by atoms with van der Waals surface area (Å²) in [7, 11) is 0. The third kappa shape index (κ3) is 5.88. The van der Waals surface area contributed by atoms with Crippen molar-refractivity contribution in [1.82, 2.24) is 10.6 Å². The van der Waals surface area contributed by atoms with Gasteiger partial charge in [0.15, 0.2) is 0 Å². The fraction of sp³-hybridized carbons (Fsp3) is 0.370. The molecule has 2 aromatic carbocycles. The predicted octanol–water partition coefficient (Wildman–Crippen LogP) is 4.18. The van der Waals surface area contributed by atoms with Gasteiger partial charge in [0, 0.05) is 11.8 Å². The number of fused-ring (bicyclic) bond motifs is 3. The Balaban J connectivity index is 1.31. The van der Waals surface area contributed by atoms with Gasteiger partial charge in [0.1, 0.15) is 12.6 Å². The fourth-order valence-electron chi connectivity index (χ4n) is 4.78. The molecule has 184 valence electrons. The number of carboxylic acid groups (broad SMARTS) is 1. The number of benzene rings is 2. The molecule has 0 radical (unpaired) electrons. The van der Waals surface area contributed by atoms with Crippen molar-refractivity contribution < 1.29 is 24.2 Å². The minimum Gasteiger partial charge on any atom is -0.480 e. The van der Waals surface area contributed by atoms with Crippen molar-refractivity contribution in [3.8, 4) is 11.1 Å². The Morgan fingerprint density at radius 2 is 1.74 bits per heavy atom. The van der Waals surface area contributed by atoms with E-state index in [-0.39, 0.29) is 24.5 Å². The Morgan fingerprint density at radius 3 is 2.37 bits per heavy atom. The van der Waals surface area contributed by atoms with Crippen LogP contribution in [-0.4, -0.2) is 53.8 Å². The largest absolute Gasteiger partial charge is 0.480 e. The average Bonchev–Trinajstić information content (AvgIpc) is 3.19. The smallest absolute Gasteiger partial charge is 0.407 e. The highest BCUT2D eigenvalue weighted by Gasteiger charge is 2.31. The number of hydrogen-bond donors (Lipinski definition) is 3. The van der Waals surface area contributed by atoms with E-state index in [1.54, 1.807) is 0 Å². The molecular formula is C27H30N2O5S. The number of alkyl carbamates (subject to hydrolysis) is 1. The van der Waals surface area contributed by atoms with Crippen LogP contribution in [0.4, 0.5) is 4.79 Å². The molecule has 0 saturated heterocycles. The van der Waals surface area contributed by atoms with Gasteiger partial charge in [-0.2, -0.15) is 11.8 Å². The van der Waals surface area contributed by atoms with Crippen LogP contribution in [0.25, 0.3) is 11.1 Å². The van der Waals surface area contributed by atoms with Crippen LogP contribution in [0.5, 0.6) is 0 Å². The summed E-state index contributed by atoms with van der Waals surface area (Å²) in [4.78, 5) is 36.7. The maximum Gasteiger partial charge on any atom is 0.407 e. The van der Waals surface area contributed by atoms with Crippen molar-refractivity contribution in [2.24, 2.45) is 5.92 Å². The Kier molecular flexibility index (Phi) is 8.13. The summed E-state index contributed by atoms with van der Waals surface area (Å²) < 4.78 is 5.61. The topological polar surface area (TPSA) is 105 Å². The van der Waals surface area contributed by atoms with E-state index in [2.05, 4.69) is 34.9 Å². The van der Waals surface area contributed by atoms with Gasteiger partial charge in [-0.1, -0.05) is 60.7 Å². The number of carbonyl (C=O) groups is 3. The zero-order chi connectivity index (χ0) is 24.8. The third-order valence-corrected chi connectivity index (χ3v) is 7.21. The van der Waals surface area contributed by atoms with E-state index in [1.165, 1.54) is 22.9 Å². The summed E-state index contributed by atoms with van der Waals surface area (Å²) in [6.07, 6.45) is 6.32. The molecule has 35 heavy (non-hydrogen) atoms. The van der Waals surface area contributed by atoms with Crippen molar-refractivity contribution in [3.63, 3.8) is 0 Å². The van der Waals surface area contributed by atoms with Crippen LogP contribution < -0.4 is 10.6 Å². The molecule has 3 atom stereocenters. The third-order valence-electron chi connectivity index (χ3n) is 6.57. The first-order chi connectivity index (χ1) is 17.0. The number of carbonyl (C=O) groups excluding carboxylic acids is 2. The number of amides is 2. The van der Waals surface area contributed by atoms with E-state index in [0.29, 0.717) is 25.0 Å². The summed E-state index contributed by atoms with van der Waals surface area (Å²) in [5.41, 5.74) is 4.62. The van der Waals surface area contributed by atoms with Crippen LogP contribution in [0.1, 0.15) is 36.3 Å². The monoisotopic (exact) mass is 494 g/mol. The van der Waals surface area contributed by atoms with Crippen LogP contribution in [0.15, 0.2) is 60.7 Å². The van der Waals surface area contributed by atoms with Crippen LogP contribution in [0, 0.1) is 5.92 Å². The number of ether oxygens (including phenoxy) is 1. The van der Waals surface area contributed by atoms with Gasteiger partial charge in [-0.05, 0) is 53.5 Å². The van der Waals surface area contributed by atoms with Crippen molar-refractivity contribution in [2.45, 2.75) is 37.3 Å². The molecule has 3 N–H and O–H groups in total. The Bertz CT molecular complexity index is 1070. The number of allylic oxidation sites excluding steroid dienone is 1. The highest BCUT2D eigenvalue weighted by molar-refractivity contribution is 7.98. The van der Waals surface area contributed by atoms with Gasteiger partial charge >= 0.3 is 12.1 Å². The molecule has 2 aliphatic carbocycles. The molecule has 0 aliphatic heterocycles. The van der Waals surface area contributed by atoms with Crippen LogP contribution >= 0.6 is 11.8 Å². The Hall–Kier alpha value is -3.26. The number of carboxylic acids is 1. The van der Waals surface area contributed by atoms with Crippen molar-refractivity contribution in [1.29, 1.82) is 0 Å². The van der Waals surface area contributed by atoms with Crippen LogP contribution in [-0.2, 0) is 14.3 Å². The molecule has 4 rings (SSSR count). The molecule has 7 nitrogen and oxygen atoms in total. The van der Waals surface area contributed by atoms with E-state index in [1.807, 2.05) is 42.7 Å². The molecule has 2 amide bonds. The van der Waals surface area contributed by atoms with E-state index >= 15 is 0 Å². The van der Waals surface area contributed by atoms with Crippen LogP contribution in [0.2, 0.25) is 0 Å². The second-order valence-corrected chi connectivity index (χ2v) is 9.84. The fourth-order valence-corrected chi connectivity index (χ4v) is 5.26. The summed E-state index contributed by atoms with van der Waals surface area (Å²) >= 11 is 1.54. The lowest BCUT2D eigenvalue weighted by atomic mass is 9.90. The molecule has 8 heteroatoms. The SMILES string of the molecule is CSCC[C@H](NC(=O)C1CC=CC(NC(=O)OCC2c3ccccc3-c3ccccc32)C1)C(=O)O. The van der Waals surface area contributed by atoms with Crippen molar-refractivity contribution >= 4 is 29.7 Å². The van der Waals surface area contributed by atoms with Gasteiger partial charge in [-0.25, -0.2) is 9.59 Å². The van der Waals surface area contributed by atoms with E-state index in [0.717, 1.165) is 11.1 Å². The van der Waals surface area contributed by atoms with Gasteiger partial charge < -0.3 is 20.5 Å². The molecular weight excluding hydrogens is 464 g/mol. The lowest BCUT2D eigenvalue weighted by molar-refractivity contribution is -0.142. The number of thioether (sulfide) groups is 1. The highest BCUT2D eigenvalue weighted by Crippen LogP contribution is 2.44. The number of aliphatic carboxylic acids is 1. The second kappa shape index (κ2) is 11.4. The van der Waals surface area contributed by atoms with E-state index in [4.69, 9.17) is 4.74 Å². The zero-order valence-corrected chi connectivity index (χ0v) is 20.4. The summed E-state index contributed by atoms with van der Waals surface area (Å²) in [6.45, 7) is 0.218. The first-order valence-electron chi connectivity index (χ1n) is 11.8. The molecule has 0 fully saturated rings. The van der Waals surface area contributed by atoms with Crippen LogP contribution in [0.3, 0.4) is 0 Å². The van der Waals surface area contributed by atoms with Gasteiger partial charge in [0.2, 0.25) is 5.91 Å². The van der Waals surface area contributed by atoms with Gasteiger partial charge in [-0.15, -0.1) is 0 Å². The summed E-state index contributed by atoms with van der Waals surface area (Å²) in [5, 5.41) is 14.9. The number of rotatable bonds is 9. The summed E-state index contributed by atoms with van der Waals surface area (Å²) in [5.74, 6) is -1.12. The maximum absolute atomic E-state index is 12.7. The quantitative estimate of drug-likeness (QED) is 0.452. The van der Waals surface area contributed by atoms with Gasteiger partial charge in [0.05, 0.1) is 6.04 Å². The zero-order valence-electron chi connectivity index (χ0n) is 19.6. The lowest BCUT2D eigenvalue weighted by Gasteiger charge is -2.26. The van der Waals surface area contributed by atoms with Gasteiger partial charge in [-0.3, -0.25) is 4.79 Å². The van der Waals surface area contributed by atoms with Gasteiger partial charge in [0.25, 0.3) is 0 Å². The molecule has 2 aliphatic rings.